The number of carbonyl (C=O) groups is 1. The van der Waals surface area contributed by atoms with Crippen LogP contribution in [-0.4, -0.2) is 56.7 Å². The third kappa shape index (κ3) is 2.35. The number of anilines is 1. The summed E-state index contributed by atoms with van der Waals surface area (Å²) < 4.78 is 1.75. The Bertz CT molecular complexity index is 742. The van der Waals surface area contributed by atoms with Crippen molar-refractivity contribution in [2.24, 2.45) is 17.8 Å². The van der Waals surface area contributed by atoms with Crippen LogP contribution in [0.25, 0.3) is 5.82 Å². The van der Waals surface area contributed by atoms with Crippen LogP contribution < -0.4 is 4.90 Å². The van der Waals surface area contributed by atoms with Gasteiger partial charge in [-0.25, -0.2) is 14.6 Å². The van der Waals surface area contributed by atoms with Gasteiger partial charge in [0.1, 0.15) is 12.1 Å². The molecule has 124 valence electrons. The summed E-state index contributed by atoms with van der Waals surface area (Å²) in [5.41, 5.74) is 0. The highest BCUT2D eigenvalue weighted by atomic mass is 16.2. The van der Waals surface area contributed by atoms with Gasteiger partial charge < -0.3 is 9.80 Å². The maximum atomic E-state index is 12.2. The fourth-order valence-electron chi connectivity index (χ4n) is 3.99. The maximum absolute atomic E-state index is 12.2. The molecule has 2 aromatic rings. The first kappa shape index (κ1) is 13.9. The summed E-state index contributed by atoms with van der Waals surface area (Å²) in [6, 6.07) is 3.87. The van der Waals surface area contributed by atoms with Gasteiger partial charge in [0, 0.05) is 62.4 Å². The Morgan fingerprint density at radius 2 is 1.79 bits per heavy atom. The van der Waals surface area contributed by atoms with E-state index in [4.69, 9.17) is 0 Å². The number of likely N-dealkylation sites (tertiary alicyclic amines) is 1. The van der Waals surface area contributed by atoms with Crippen molar-refractivity contribution in [1.82, 2.24) is 24.6 Å². The average molecular weight is 324 g/mol. The van der Waals surface area contributed by atoms with Gasteiger partial charge in [0.25, 0.3) is 0 Å². The lowest BCUT2D eigenvalue weighted by Crippen LogP contribution is -2.34. The molecule has 2 saturated heterocycles. The van der Waals surface area contributed by atoms with Crippen LogP contribution in [0.15, 0.2) is 30.9 Å². The quantitative estimate of drug-likeness (QED) is 0.841. The summed E-state index contributed by atoms with van der Waals surface area (Å²) in [5, 5.41) is 4.23. The number of fused-ring (bicyclic) bond motifs is 1. The Hall–Kier alpha value is -2.44. The van der Waals surface area contributed by atoms with Crippen LogP contribution in [0.4, 0.5) is 5.82 Å². The van der Waals surface area contributed by atoms with E-state index < -0.39 is 0 Å². The minimum atomic E-state index is 0.332. The summed E-state index contributed by atoms with van der Waals surface area (Å²) in [6.45, 7) is 3.75. The summed E-state index contributed by atoms with van der Waals surface area (Å²) in [6.07, 6.45) is 7.41. The zero-order valence-corrected chi connectivity index (χ0v) is 13.5. The van der Waals surface area contributed by atoms with Crippen molar-refractivity contribution in [1.29, 1.82) is 0 Å². The van der Waals surface area contributed by atoms with Gasteiger partial charge in [-0.2, -0.15) is 5.10 Å². The number of nitrogens with zero attached hydrogens (tertiary/aromatic N) is 6. The fourth-order valence-corrected chi connectivity index (χ4v) is 3.99. The van der Waals surface area contributed by atoms with Crippen LogP contribution >= 0.6 is 0 Å². The molecule has 2 unspecified atom stereocenters. The van der Waals surface area contributed by atoms with Gasteiger partial charge in [0.05, 0.1) is 0 Å². The number of aromatic nitrogens is 4. The summed E-state index contributed by atoms with van der Waals surface area (Å²) in [4.78, 5) is 25.4. The Morgan fingerprint density at radius 1 is 1.04 bits per heavy atom. The minimum Gasteiger partial charge on any atom is -0.356 e. The van der Waals surface area contributed by atoms with Gasteiger partial charge in [-0.05, 0) is 18.9 Å². The standard InChI is InChI=1S/C17H20N6O/c24-17(12-2-3-12)22-9-13-7-21(8-14(13)10-22)15-6-16(19-11-18-15)23-5-1-4-20-23/h1,4-6,11-14H,2-3,7-10H2. The van der Waals surface area contributed by atoms with Crippen molar-refractivity contribution in [2.75, 3.05) is 31.1 Å². The zero-order valence-electron chi connectivity index (χ0n) is 13.5. The van der Waals surface area contributed by atoms with Crippen LogP contribution in [0.5, 0.6) is 0 Å². The third-order valence-corrected chi connectivity index (χ3v) is 5.43. The normalized spacial score (nSPS) is 26.0. The molecule has 7 heteroatoms. The highest BCUT2D eigenvalue weighted by molar-refractivity contribution is 5.81. The van der Waals surface area contributed by atoms with E-state index in [1.54, 1.807) is 17.2 Å². The number of hydrogen-bond donors (Lipinski definition) is 0. The second-order valence-electron chi connectivity index (χ2n) is 7.13. The Morgan fingerprint density at radius 3 is 2.46 bits per heavy atom. The molecular formula is C17H20N6O. The number of amides is 1. The summed E-state index contributed by atoms with van der Waals surface area (Å²) >= 11 is 0. The van der Waals surface area contributed by atoms with E-state index in [0.29, 0.717) is 23.7 Å². The minimum absolute atomic E-state index is 0.332. The molecule has 0 bridgehead atoms. The van der Waals surface area contributed by atoms with E-state index >= 15 is 0 Å². The van der Waals surface area contributed by atoms with Crippen molar-refractivity contribution in [3.05, 3.63) is 30.9 Å². The highest BCUT2D eigenvalue weighted by Gasteiger charge is 2.44. The van der Waals surface area contributed by atoms with Crippen molar-refractivity contribution < 1.29 is 4.79 Å². The molecule has 0 spiro atoms. The van der Waals surface area contributed by atoms with Crippen molar-refractivity contribution in [3.8, 4) is 5.82 Å². The summed E-state index contributed by atoms with van der Waals surface area (Å²) in [5.74, 6) is 3.58. The average Bonchev–Trinajstić information content (AvgIpc) is 2.99. The lowest BCUT2D eigenvalue weighted by Gasteiger charge is -2.22. The molecule has 2 aromatic heterocycles. The number of hydrogen-bond acceptors (Lipinski definition) is 5. The molecule has 2 atom stereocenters. The first-order valence-corrected chi connectivity index (χ1v) is 8.64. The van der Waals surface area contributed by atoms with Crippen LogP contribution in [0.2, 0.25) is 0 Å². The van der Waals surface area contributed by atoms with Gasteiger partial charge in [-0.1, -0.05) is 0 Å². The predicted octanol–water partition coefficient (Wildman–Crippen LogP) is 0.967. The van der Waals surface area contributed by atoms with E-state index in [1.165, 1.54) is 0 Å². The molecule has 24 heavy (non-hydrogen) atoms. The van der Waals surface area contributed by atoms with Crippen molar-refractivity contribution in [2.45, 2.75) is 12.8 Å². The van der Waals surface area contributed by atoms with Crippen molar-refractivity contribution >= 4 is 11.7 Å². The molecule has 7 nitrogen and oxygen atoms in total. The zero-order chi connectivity index (χ0) is 16.1. The molecule has 4 heterocycles. The molecule has 3 fully saturated rings. The molecule has 0 aromatic carbocycles. The molecule has 5 rings (SSSR count). The van der Waals surface area contributed by atoms with Crippen molar-refractivity contribution in [3.63, 3.8) is 0 Å². The van der Waals surface area contributed by atoms with E-state index in [1.807, 2.05) is 18.3 Å². The Balaban J connectivity index is 1.29. The number of carbonyl (C=O) groups excluding carboxylic acids is 1. The van der Waals surface area contributed by atoms with Gasteiger partial charge in [0.2, 0.25) is 5.91 Å². The van der Waals surface area contributed by atoms with E-state index in [0.717, 1.165) is 50.7 Å². The first-order chi connectivity index (χ1) is 11.8. The van der Waals surface area contributed by atoms with E-state index in [9.17, 15) is 4.79 Å². The molecule has 3 aliphatic rings. The number of rotatable bonds is 3. The molecule has 0 radical (unpaired) electrons. The van der Waals surface area contributed by atoms with Crippen LogP contribution in [0.1, 0.15) is 12.8 Å². The first-order valence-electron chi connectivity index (χ1n) is 8.64. The van der Waals surface area contributed by atoms with Gasteiger partial charge in [-0.15, -0.1) is 0 Å². The third-order valence-electron chi connectivity index (χ3n) is 5.43. The second-order valence-corrected chi connectivity index (χ2v) is 7.13. The topological polar surface area (TPSA) is 67.2 Å². The van der Waals surface area contributed by atoms with Gasteiger partial charge in [0.15, 0.2) is 5.82 Å². The SMILES string of the molecule is O=C(C1CC1)N1CC2CN(c3cc(-n4cccn4)ncn3)CC2C1. The molecule has 2 aliphatic heterocycles. The Labute approximate surface area is 140 Å². The lowest BCUT2D eigenvalue weighted by molar-refractivity contribution is -0.131. The lowest BCUT2D eigenvalue weighted by atomic mass is 10.0. The Kier molecular flexibility index (Phi) is 3.08. The van der Waals surface area contributed by atoms with Crippen LogP contribution in [-0.2, 0) is 4.79 Å². The monoisotopic (exact) mass is 324 g/mol. The van der Waals surface area contributed by atoms with E-state index in [-0.39, 0.29) is 0 Å². The fraction of sp³-hybridized carbons (Fsp3) is 0.529. The molecule has 0 N–H and O–H groups in total. The highest BCUT2D eigenvalue weighted by Crippen LogP contribution is 2.37. The smallest absolute Gasteiger partial charge is 0.225 e. The molecular weight excluding hydrogens is 304 g/mol. The molecule has 1 aliphatic carbocycles. The van der Waals surface area contributed by atoms with Crippen LogP contribution in [0.3, 0.4) is 0 Å². The summed E-state index contributed by atoms with van der Waals surface area (Å²) in [7, 11) is 0. The van der Waals surface area contributed by atoms with Gasteiger partial charge >= 0.3 is 0 Å². The molecule has 1 amide bonds. The van der Waals surface area contributed by atoms with Gasteiger partial charge in [-0.3, -0.25) is 4.79 Å². The van der Waals surface area contributed by atoms with Crippen LogP contribution in [0, 0.1) is 17.8 Å². The largest absolute Gasteiger partial charge is 0.356 e. The van der Waals surface area contributed by atoms with E-state index in [2.05, 4.69) is 24.9 Å². The predicted molar refractivity (Wildman–Crippen MR) is 87.7 cm³/mol. The second kappa shape index (κ2) is 5.29. The maximum Gasteiger partial charge on any atom is 0.225 e. The molecule has 1 saturated carbocycles.